The molecule has 0 N–H and O–H groups in total. The Morgan fingerprint density at radius 2 is 0.587 bits per heavy atom. The van der Waals surface area contributed by atoms with Crippen LogP contribution in [0.5, 0.6) is 0 Å². The monoisotopic (exact) mass is 956 g/mol. The lowest BCUT2D eigenvalue weighted by Crippen LogP contribution is -2.28. The van der Waals surface area contributed by atoms with Gasteiger partial charge in [0.15, 0.2) is 0 Å². The van der Waals surface area contributed by atoms with E-state index in [4.69, 9.17) is 0 Å². The second kappa shape index (κ2) is 19.7. The number of rotatable bonds is 12. The van der Waals surface area contributed by atoms with Crippen molar-refractivity contribution in [3.63, 3.8) is 0 Å². The van der Waals surface area contributed by atoms with Crippen LogP contribution < -0.4 is 9.80 Å². The molecule has 0 bridgehead atoms. The van der Waals surface area contributed by atoms with Crippen molar-refractivity contribution in [2.75, 3.05) is 9.80 Å². The predicted octanol–water partition coefficient (Wildman–Crippen LogP) is 19.7. The molecule has 0 aliphatic heterocycles. The Bertz CT molecular complexity index is 3820. The van der Waals surface area contributed by atoms with Gasteiger partial charge in [-0.2, -0.15) is 0 Å². The zero-order valence-corrected chi connectivity index (χ0v) is 41.4. The first-order valence-electron chi connectivity index (χ1n) is 25.8. The standard InChI is InChI=1S/C73H52N2/c1-7-24-53(25-8-1)57-28-23-37-64(50-57)75(63-48-42-55(43-49-63)66-39-20-19-38-65(66)54-26-9-2-10-27-54)72-52-71-69(67-40-21-22-41-70(67)73(71,58-29-11-3-12-30-58)59-31-13-4-14-32-59)51-68(72)56-44-46-62(47-45-56)74(60-33-15-5-16-34-60)61-35-17-6-18-36-61/h1-52H. The average Bonchev–Trinajstić information content (AvgIpc) is 3.87. The maximum Gasteiger partial charge on any atom is 0.0714 e. The predicted molar refractivity (Wildman–Crippen MR) is 315 cm³/mol. The van der Waals surface area contributed by atoms with Crippen molar-refractivity contribution in [1.82, 2.24) is 0 Å². The molecule has 0 amide bonds. The summed E-state index contributed by atoms with van der Waals surface area (Å²) in [6.45, 7) is 0. The minimum Gasteiger partial charge on any atom is -0.311 e. The average molecular weight is 957 g/mol. The summed E-state index contributed by atoms with van der Waals surface area (Å²) in [6.07, 6.45) is 0. The molecule has 0 aromatic heterocycles. The first-order valence-corrected chi connectivity index (χ1v) is 25.8. The van der Waals surface area contributed by atoms with Gasteiger partial charge in [-0.25, -0.2) is 0 Å². The molecule has 2 nitrogen and oxygen atoms in total. The molecule has 1 aliphatic rings. The normalized spacial score (nSPS) is 12.1. The fourth-order valence-corrected chi connectivity index (χ4v) is 11.6. The molecule has 0 atom stereocenters. The Balaban J connectivity index is 1.08. The lowest BCUT2D eigenvalue weighted by atomic mass is 9.67. The molecular weight excluding hydrogens is 905 g/mol. The summed E-state index contributed by atoms with van der Waals surface area (Å²) in [5.41, 5.74) is 22.6. The maximum absolute atomic E-state index is 2.52. The minimum absolute atomic E-state index is 0.611. The Morgan fingerprint density at radius 3 is 1.13 bits per heavy atom. The molecule has 2 heteroatoms. The van der Waals surface area contributed by atoms with Gasteiger partial charge < -0.3 is 9.80 Å². The summed E-state index contributed by atoms with van der Waals surface area (Å²) >= 11 is 0. The molecule has 13 rings (SSSR count). The number of hydrogen-bond acceptors (Lipinski definition) is 2. The van der Waals surface area contributed by atoms with Crippen LogP contribution >= 0.6 is 0 Å². The van der Waals surface area contributed by atoms with Gasteiger partial charge in [-0.3, -0.25) is 0 Å². The number of anilines is 6. The van der Waals surface area contributed by atoms with Crippen molar-refractivity contribution in [2.45, 2.75) is 5.41 Å². The van der Waals surface area contributed by atoms with E-state index in [0.29, 0.717) is 0 Å². The van der Waals surface area contributed by atoms with Crippen molar-refractivity contribution >= 4 is 34.1 Å². The summed E-state index contributed by atoms with van der Waals surface area (Å²) in [4.78, 5) is 4.82. The van der Waals surface area contributed by atoms with Gasteiger partial charge in [0.2, 0.25) is 0 Å². The zero-order chi connectivity index (χ0) is 50.0. The van der Waals surface area contributed by atoms with Gasteiger partial charge in [-0.1, -0.05) is 243 Å². The van der Waals surface area contributed by atoms with Gasteiger partial charge in [-0.05, 0) is 145 Å². The zero-order valence-electron chi connectivity index (χ0n) is 41.4. The summed E-state index contributed by atoms with van der Waals surface area (Å²) in [7, 11) is 0. The van der Waals surface area contributed by atoms with Crippen LogP contribution in [0.3, 0.4) is 0 Å². The van der Waals surface area contributed by atoms with Crippen LogP contribution in [0.2, 0.25) is 0 Å². The molecular formula is C73H52N2. The number of nitrogens with zero attached hydrogens (tertiary/aromatic N) is 2. The van der Waals surface area contributed by atoms with E-state index in [-0.39, 0.29) is 0 Å². The highest BCUT2D eigenvalue weighted by Crippen LogP contribution is 2.59. The Morgan fingerprint density at radius 1 is 0.200 bits per heavy atom. The van der Waals surface area contributed by atoms with E-state index in [1.807, 2.05) is 0 Å². The number of para-hydroxylation sites is 2. The second-order valence-corrected chi connectivity index (χ2v) is 19.2. The van der Waals surface area contributed by atoms with Crippen molar-refractivity contribution in [1.29, 1.82) is 0 Å². The minimum atomic E-state index is -0.611. The lowest BCUT2D eigenvalue weighted by Gasteiger charge is -2.35. The Hall–Kier alpha value is -9.76. The van der Waals surface area contributed by atoms with E-state index in [1.165, 1.54) is 55.6 Å². The summed E-state index contributed by atoms with van der Waals surface area (Å²) in [5.74, 6) is 0. The van der Waals surface area contributed by atoms with Crippen molar-refractivity contribution < 1.29 is 0 Å². The molecule has 0 radical (unpaired) electrons. The van der Waals surface area contributed by atoms with Crippen LogP contribution in [0.1, 0.15) is 22.3 Å². The number of benzene rings is 12. The molecule has 12 aromatic rings. The molecule has 0 saturated carbocycles. The van der Waals surface area contributed by atoms with Gasteiger partial charge in [0, 0.05) is 34.0 Å². The van der Waals surface area contributed by atoms with E-state index in [1.54, 1.807) is 0 Å². The highest BCUT2D eigenvalue weighted by molar-refractivity contribution is 5.98. The van der Waals surface area contributed by atoms with E-state index < -0.39 is 5.41 Å². The van der Waals surface area contributed by atoms with E-state index in [9.17, 15) is 0 Å². The fraction of sp³-hybridized carbons (Fsp3) is 0.0137. The molecule has 0 spiro atoms. The third kappa shape index (κ3) is 8.20. The van der Waals surface area contributed by atoms with Gasteiger partial charge in [-0.15, -0.1) is 0 Å². The summed E-state index contributed by atoms with van der Waals surface area (Å²) in [6, 6.07) is 115. The Labute approximate surface area is 440 Å². The molecule has 1 aliphatic carbocycles. The van der Waals surface area contributed by atoms with Crippen molar-refractivity contribution in [3.05, 3.63) is 338 Å². The van der Waals surface area contributed by atoms with E-state index >= 15 is 0 Å². The number of hydrogen-bond donors (Lipinski definition) is 0. The van der Waals surface area contributed by atoms with Gasteiger partial charge in [0.25, 0.3) is 0 Å². The van der Waals surface area contributed by atoms with Crippen LogP contribution in [-0.2, 0) is 5.41 Å². The molecule has 354 valence electrons. The number of fused-ring (bicyclic) bond motifs is 3. The van der Waals surface area contributed by atoms with Crippen molar-refractivity contribution in [3.8, 4) is 55.6 Å². The third-order valence-corrected chi connectivity index (χ3v) is 14.9. The topological polar surface area (TPSA) is 6.48 Å². The highest BCUT2D eigenvalue weighted by Gasteiger charge is 2.47. The van der Waals surface area contributed by atoms with Gasteiger partial charge in [0.1, 0.15) is 0 Å². The highest BCUT2D eigenvalue weighted by atomic mass is 15.1. The quantitative estimate of drug-likeness (QED) is 0.120. The van der Waals surface area contributed by atoms with E-state index in [0.717, 1.165) is 56.4 Å². The summed E-state index contributed by atoms with van der Waals surface area (Å²) in [5, 5.41) is 0. The molecule has 0 fully saturated rings. The van der Waals surface area contributed by atoms with Crippen LogP contribution in [0.25, 0.3) is 55.6 Å². The largest absolute Gasteiger partial charge is 0.311 e. The van der Waals surface area contributed by atoms with Crippen LogP contribution in [0.15, 0.2) is 315 Å². The third-order valence-electron chi connectivity index (χ3n) is 14.9. The smallest absolute Gasteiger partial charge is 0.0714 e. The van der Waals surface area contributed by atoms with Gasteiger partial charge >= 0.3 is 0 Å². The van der Waals surface area contributed by atoms with Crippen molar-refractivity contribution in [2.24, 2.45) is 0 Å². The molecule has 0 unspecified atom stereocenters. The van der Waals surface area contributed by atoms with Crippen LogP contribution in [0, 0.1) is 0 Å². The van der Waals surface area contributed by atoms with E-state index in [2.05, 4.69) is 325 Å². The van der Waals surface area contributed by atoms with Crippen LogP contribution in [0.4, 0.5) is 34.1 Å². The molecule has 12 aromatic carbocycles. The molecule has 0 saturated heterocycles. The van der Waals surface area contributed by atoms with Gasteiger partial charge in [0.05, 0.1) is 11.1 Å². The molecule has 0 heterocycles. The SMILES string of the molecule is c1ccc(-c2cccc(N(c3ccc(-c4ccccc4-c4ccccc4)cc3)c3cc4c(cc3-c3ccc(N(c5ccccc5)c5ccccc5)cc3)-c3ccccc3C4(c3ccccc3)c3ccccc3)c2)cc1. The first kappa shape index (κ1) is 45.1. The second-order valence-electron chi connectivity index (χ2n) is 19.2. The molecule has 75 heavy (non-hydrogen) atoms. The summed E-state index contributed by atoms with van der Waals surface area (Å²) < 4.78 is 0. The first-order chi connectivity index (χ1) is 37.2. The Kier molecular flexibility index (Phi) is 11.8. The lowest BCUT2D eigenvalue weighted by molar-refractivity contribution is 0.768. The fourth-order valence-electron chi connectivity index (χ4n) is 11.6. The van der Waals surface area contributed by atoms with Crippen LogP contribution in [-0.4, -0.2) is 0 Å². The maximum atomic E-state index is 2.52.